The SMILES string of the molecule is c1ccc(-n2c3ccccc3c3cc4c5cccc6ccn(c4cc32)c65)cc1. The fourth-order valence-corrected chi connectivity index (χ4v) is 4.89. The smallest absolute Gasteiger partial charge is 0.0607 e. The van der Waals surface area contributed by atoms with E-state index >= 15 is 0 Å². The largest absolute Gasteiger partial charge is 0.315 e. The van der Waals surface area contributed by atoms with Crippen LogP contribution in [-0.2, 0) is 0 Å². The lowest BCUT2D eigenvalue weighted by Gasteiger charge is -2.07. The Balaban J connectivity index is 1.76. The molecule has 2 heteroatoms. The zero-order chi connectivity index (χ0) is 18.2. The number of fused-ring (bicyclic) bond motifs is 6. The Morgan fingerprint density at radius 2 is 1.29 bits per heavy atom. The maximum absolute atomic E-state index is 2.38. The van der Waals surface area contributed by atoms with Gasteiger partial charge in [0.25, 0.3) is 0 Å². The van der Waals surface area contributed by atoms with Gasteiger partial charge in [-0.1, -0.05) is 54.6 Å². The molecule has 28 heavy (non-hydrogen) atoms. The molecule has 0 unspecified atom stereocenters. The summed E-state index contributed by atoms with van der Waals surface area (Å²) in [6.45, 7) is 0. The van der Waals surface area contributed by atoms with E-state index in [1.807, 2.05) is 0 Å². The molecule has 0 spiro atoms. The molecule has 0 saturated heterocycles. The third kappa shape index (κ3) is 1.64. The van der Waals surface area contributed by atoms with E-state index in [0.717, 1.165) is 0 Å². The van der Waals surface area contributed by atoms with Crippen LogP contribution in [0.5, 0.6) is 0 Å². The molecule has 130 valence electrons. The molecule has 0 aliphatic rings. The van der Waals surface area contributed by atoms with Crippen molar-refractivity contribution in [2.75, 3.05) is 0 Å². The second-order valence-corrected chi connectivity index (χ2v) is 7.50. The first-order valence-corrected chi connectivity index (χ1v) is 9.63. The lowest BCUT2D eigenvalue weighted by Crippen LogP contribution is -1.93. The van der Waals surface area contributed by atoms with Crippen molar-refractivity contribution in [3.63, 3.8) is 0 Å². The van der Waals surface area contributed by atoms with Crippen molar-refractivity contribution in [3.05, 3.63) is 97.2 Å². The molecule has 0 atom stereocenters. The Morgan fingerprint density at radius 1 is 0.500 bits per heavy atom. The summed E-state index contributed by atoms with van der Waals surface area (Å²) < 4.78 is 4.72. The van der Waals surface area contributed by atoms with Crippen molar-refractivity contribution in [1.29, 1.82) is 0 Å². The van der Waals surface area contributed by atoms with Crippen LogP contribution in [0.4, 0.5) is 0 Å². The number of rotatable bonds is 1. The van der Waals surface area contributed by atoms with Gasteiger partial charge in [-0.15, -0.1) is 0 Å². The lowest BCUT2D eigenvalue weighted by atomic mass is 10.1. The fraction of sp³-hybridized carbons (Fsp3) is 0. The number of hydrogen-bond acceptors (Lipinski definition) is 0. The van der Waals surface area contributed by atoms with Crippen LogP contribution in [0, 0.1) is 0 Å². The summed E-state index contributed by atoms with van der Waals surface area (Å²) in [6, 6.07) is 32.9. The van der Waals surface area contributed by atoms with E-state index in [2.05, 4.69) is 106 Å². The molecule has 0 aliphatic carbocycles. The van der Waals surface area contributed by atoms with E-state index in [-0.39, 0.29) is 0 Å². The molecular formula is C26H16N2. The summed E-state index contributed by atoms with van der Waals surface area (Å²) in [6.07, 6.45) is 2.20. The van der Waals surface area contributed by atoms with E-state index in [1.54, 1.807) is 0 Å². The normalized spacial score (nSPS) is 12.3. The Hall–Kier alpha value is -3.78. The van der Waals surface area contributed by atoms with Gasteiger partial charge in [0.15, 0.2) is 0 Å². The monoisotopic (exact) mass is 356 g/mol. The average Bonchev–Trinajstić information content (AvgIpc) is 3.41. The van der Waals surface area contributed by atoms with Gasteiger partial charge < -0.3 is 8.97 Å². The van der Waals surface area contributed by atoms with E-state index in [4.69, 9.17) is 0 Å². The average molecular weight is 356 g/mol. The highest BCUT2D eigenvalue weighted by Crippen LogP contribution is 2.39. The number of nitrogens with zero attached hydrogens (tertiary/aromatic N) is 2. The first-order chi connectivity index (χ1) is 13.9. The summed E-state index contributed by atoms with van der Waals surface area (Å²) in [5, 5.41) is 6.56. The van der Waals surface area contributed by atoms with Crippen LogP contribution in [0.1, 0.15) is 0 Å². The molecule has 7 rings (SSSR count). The van der Waals surface area contributed by atoms with Crippen LogP contribution in [0.25, 0.3) is 54.7 Å². The van der Waals surface area contributed by atoms with Crippen LogP contribution in [0.2, 0.25) is 0 Å². The summed E-state index contributed by atoms with van der Waals surface area (Å²) in [7, 11) is 0. The minimum atomic E-state index is 1.20. The molecule has 0 N–H and O–H groups in total. The molecule has 0 fully saturated rings. The zero-order valence-corrected chi connectivity index (χ0v) is 15.1. The summed E-state index contributed by atoms with van der Waals surface area (Å²) in [4.78, 5) is 0. The minimum absolute atomic E-state index is 1.20. The Morgan fingerprint density at radius 3 is 2.21 bits per heavy atom. The van der Waals surface area contributed by atoms with Crippen molar-refractivity contribution in [2.24, 2.45) is 0 Å². The molecule has 3 heterocycles. The Labute approximate surface area is 161 Å². The summed E-state index contributed by atoms with van der Waals surface area (Å²) >= 11 is 0. The molecule has 0 saturated carbocycles. The highest BCUT2D eigenvalue weighted by Gasteiger charge is 2.17. The van der Waals surface area contributed by atoms with Crippen molar-refractivity contribution < 1.29 is 0 Å². The van der Waals surface area contributed by atoms with Gasteiger partial charge in [-0.05, 0) is 36.4 Å². The fourth-order valence-electron chi connectivity index (χ4n) is 4.89. The number of aromatic nitrogens is 2. The van der Waals surface area contributed by atoms with Crippen LogP contribution in [0.15, 0.2) is 97.2 Å². The summed E-state index contributed by atoms with van der Waals surface area (Å²) in [5.74, 6) is 0. The van der Waals surface area contributed by atoms with Crippen LogP contribution < -0.4 is 0 Å². The topological polar surface area (TPSA) is 9.34 Å². The molecule has 2 nitrogen and oxygen atoms in total. The highest BCUT2D eigenvalue weighted by atomic mass is 15.0. The second kappa shape index (κ2) is 4.93. The maximum atomic E-state index is 2.38. The van der Waals surface area contributed by atoms with Gasteiger partial charge in [0.1, 0.15) is 0 Å². The molecule has 3 aromatic heterocycles. The number of benzene rings is 4. The van der Waals surface area contributed by atoms with Gasteiger partial charge >= 0.3 is 0 Å². The highest BCUT2D eigenvalue weighted by molar-refractivity contribution is 6.21. The van der Waals surface area contributed by atoms with Crippen molar-refractivity contribution >= 4 is 49.0 Å². The van der Waals surface area contributed by atoms with Crippen LogP contribution >= 0.6 is 0 Å². The van der Waals surface area contributed by atoms with Gasteiger partial charge in [0, 0.05) is 38.8 Å². The predicted molar refractivity (Wildman–Crippen MR) is 118 cm³/mol. The molecule has 4 aromatic carbocycles. The molecule has 0 aliphatic heterocycles. The zero-order valence-electron chi connectivity index (χ0n) is 15.1. The van der Waals surface area contributed by atoms with Crippen molar-refractivity contribution in [1.82, 2.24) is 8.97 Å². The first-order valence-electron chi connectivity index (χ1n) is 9.63. The van der Waals surface area contributed by atoms with Gasteiger partial charge in [0.05, 0.1) is 22.1 Å². The first kappa shape index (κ1) is 14.3. The second-order valence-electron chi connectivity index (χ2n) is 7.50. The number of hydrogen-bond donors (Lipinski definition) is 0. The van der Waals surface area contributed by atoms with E-state index in [0.29, 0.717) is 0 Å². The van der Waals surface area contributed by atoms with Gasteiger partial charge in [-0.25, -0.2) is 0 Å². The molecule has 0 amide bonds. The third-order valence-corrected chi connectivity index (χ3v) is 6.07. The van der Waals surface area contributed by atoms with Gasteiger partial charge in [0.2, 0.25) is 0 Å². The van der Waals surface area contributed by atoms with Crippen molar-refractivity contribution in [3.8, 4) is 5.69 Å². The van der Waals surface area contributed by atoms with Crippen LogP contribution in [-0.4, -0.2) is 8.97 Å². The van der Waals surface area contributed by atoms with Crippen molar-refractivity contribution in [2.45, 2.75) is 0 Å². The minimum Gasteiger partial charge on any atom is -0.315 e. The Bertz CT molecular complexity index is 1650. The van der Waals surface area contributed by atoms with E-state index in [9.17, 15) is 0 Å². The summed E-state index contributed by atoms with van der Waals surface area (Å²) in [5.41, 5.74) is 6.28. The van der Waals surface area contributed by atoms with Gasteiger partial charge in [-0.2, -0.15) is 0 Å². The van der Waals surface area contributed by atoms with E-state index in [1.165, 1.54) is 54.7 Å². The van der Waals surface area contributed by atoms with Crippen LogP contribution in [0.3, 0.4) is 0 Å². The lowest BCUT2D eigenvalue weighted by molar-refractivity contribution is 1.18. The molecular weight excluding hydrogens is 340 g/mol. The molecule has 7 aromatic rings. The van der Waals surface area contributed by atoms with E-state index < -0.39 is 0 Å². The third-order valence-electron chi connectivity index (χ3n) is 6.07. The predicted octanol–water partition coefficient (Wildman–Crippen LogP) is 6.78. The Kier molecular flexibility index (Phi) is 2.52. The maximum Gasteiger partial charge on any atom is 0.0607 e. The quantitative estimate of drug-likeness (QED) is 0.307. The van der Waals surface area contributed by atoms with Gasteiger partial charge in [-0.3, -0.25) is 0 Å². The molecule has 0 radical (unpaired) electrons. The molecule has 0 bridgehead atoms. The standard InChI is InChI=1S/C26H16N2/c1-2-8-18(9-3-1)28-23-12-5-4-10-19(23)21-15-22-20-11-6-7-17-13-14-27(26(17)20)24(22)16-25(21)28/h1-16H. The number of para-hydroxylation sites is 3.